The molecule has 0 saturated carbocycles. The van der Waals surface area contributed by atoms with E-state index >= 15 is 0 Å². The Hall–Kier alpha value is -1.44. The van der Waals surface area contributed by atoms with E-state index in [1.165, 1.54) is 12.1 Å². The van der Waals surface area contributed by atoms with Crippen LogP contribution < -0.4 is 16.2 Å². The van der Waals surface area contributed by atoms with Crippen LogP contribution in [0.1, 0.15) is 44.7 Å². The highest BCUT2D eigenvalue weighted by Crippen LogP contribution is 2.15. The molecule has 2 unspecified atom stereocenters. The molecule has 0 bridgehead atoms. The molecule has 21 heavy (non-hydrogen) atoms. The summed E-state index contributed by atoms with van der Waals surface area (Å²) in [6, 6.07) is 5.33. The van der Waals surface area contributed by atoms with Crippen LogP contribution >= 0.6 is 0 Å². The average Bonchev–Trinajstić information content (AvgIpc) is 2.43. The fourth-order valence-electron chi connectivity index (χ4n) is 1.91. The van der Waals surface area contributed by atoms with E-state index in [2.05, 4.69) is 5.32 Å². The summed E-state index contributed by atoms with van der Waals surface area (Å²) in [6.45, 7) is 3.86. The maximum absolute atomic E-state index is 11.9. The van der Waals surface area contributed by atoms with E-state index in [0.29, 0.717) is 6.42 Å². The number of amides is 1. The Kier molecular flexibility index (Phi) is 6.32. The van der Waals surface area contributed by atoms with Crippen LogP contribution in [0.3, 0.4) is 0 Å². The third-order valence-electron chi connectivity index (χ3n) is 3.27. The van der Waals surface area contributed by atoms with E-state index in [9.17, 15) is 13.2 Å². The van der Waals surface area contributed by atoms with Gasteiger partial charge in [0.2, 0.25) is 15.9 Å². The minimum Gasteiger partial charge on any atom is -0.348 e. The Labute approximate surface area is 126 Å². The molecule has 6 nitrogen and oxygen atoms in total. The third-order valence-corrected chi connectivity index (χ3v) is 4.20. The number of nitrogens with two attached hydrogens (primary N) is 2. The van der Waals surface area contributed by atoms with Crippen molar-refractivity contribution in [2.75, 3.05) is 0 Å². The van der Waals surface area contributed by atoms with E-state index in [0.717, 1.165) is 18.4 Å². The molecule has 118 valence electrons. The number of benzene rings is 1. The number of unbranched alkanes of at least 4 members (excludes halogenated alkanes) is 1. The van der Waals surface area contributed by atoms with Gasteiger partial charge in [0.25, 0.3) is 0 Å². The third kappa shape index (κ3) is 5.45. The van der Waals surface area contributed by atoms with Crippen molar-refractivity contribution in [2.24, 2.45) is 10.9 Å². The molecule has 0 heterocycles. The summed E-state index contributed by atoms with van der Waals surface area (Å²) >= 11 is 0. The lowest BCUT2D eigenvalue weighted by Crippen LogP contribution is -2.41. The quantitative estimate of drug-likeness (QED) is 0.697. The smallest absolute Gasteiger partial charge is 0.238 e. The van der Waals surface area contributed by atoms with Gasteiger partial charge in [-0.15, -0.1) is 0 Å². The molecule has 0 fully saturated rings. The number of nitrogens with one attached hydrogen (secondary N) is 1. The van der Waals surface area contributed by atoms with Crippen molar-refractivity contribution in [3.63, 3.8) is 0 Å². The van der Waals surface area contributed by atoms with Gasteiger partial charge in [0.05, 0.1) is 17.0 Å². The average molecular weight is 313 g/mol. The lowest BCUT2D eigenvalue weighted by Gasteiger charge is -2.18. The number of carbonyl (C=O) groups is 1. The first-order chi connectivity index (χ1) is 9.75. The van der Waals surface area contributed by atoms with Crippen LogP contribution in [0, 0.1) is 0 Å². The first kappa shape index (κ1) is 17.6. The Bertz CT molecular complexity index is 570. The largest absolute Gasteiger partial charge is 0.348 e. The lowest BCUT2D eigenvalue weighted by atomic mass is 10.1. The predicted molar refractivity (Wildman–Crippen MR) is 81.9 cm³/mol. The van der Waals surface area contributed by atoms with Gasteiger partial charge in [-0.3, -0.25) is 4.79 Å². The Morgan fingerprint density at radius 1 is 1.29 bits per heavy atom. The van der Waals surface area contributed by atoms with Gasteiger partial charge in [0.15, 0.2) is 0 Å². The van der Waals surface area contributed by atoms with Crippen molar-refractivity contribution < 1.29 is 13.2 Å². The van der Waals surface area contributed by atoms with Gasteiger partial charge in [-0.2, -0.15) is 0 Å². The predicted octanol–water partition coefficient (Wildman–Crippen LogP) is 1.03. The van der Waals surface area contributed by atoms with Gasteiger partial charge < -0.3 is 11.1 Å². The topological polar surface area (TPSA) is 115 Å². The molecule has 1 aromatic rings. The molecule has 0 saturated heterocycles. The van der Waals surface area contributed by atoms with Crippen molar-refractivity contribution in [1.29, 1.82) is 0 Å². The Balaban J connectivity index is 2.67. The minimum atomic E-state index is -3.70. The first-order valence-electron chi connectivity index (χ1n) is 6.94. The molecule has 0 aliphatic heterocycles. The fraction of sp³-hybridized carbons (Fsp3) is 0.500. The zero-order valence-electron chi connectivity index (χ0n) is 12.4. The van der Waals surface area contributed by atoms with Crippen molar-refractivity contribution in [2.45, 2.75) is 50.1 Å². The normalized spacial score (nSPS) is 14.5. The second-order valence-corrected chi connectivity index (χ2v) is 6.65. The summed E-state index contributed by atoms with van der Waals surface area (Å²) in [5.41, 5.74) is 6.59. The monoisotopic (exact) mass is 313 g/mol. The standard InChI is InChI=1S/C14H23N3O3S/c1-3-4-5-13(15)14(18)17-10(2)11-6-8-12(9-7-11)21(16,19)20/h6-10,13H,3-5,15H2,1-2H3,(H,17,18)(H2,16,19,20). The molecule has 0 radical (unpaired) electrons. The van der Waals surface area contributed by atoms with Crippen molar-refractivity contribution in [3.8, 4) is 0 Å². The number of hydrogen-bond donors (Lipinski definition) is 3. The minimum absolute atomic E-state index is 0.0458. The van der Waals surface area contributed by atoms with Crippen LogP contribution in [0.5, 0.6) is 0 Å². The fourth-order valence-corrected chi connectivity index (χ4v) is 2.42. The summed E-state index contributed by atoms with van der Waals surface area (Å²) in [5.74, 6) is -0.202. The first-order valence-corrected chi connectivity index (χ1v) is 8.49. The molecule has 7 heteroatoms. The summed E-state index contributed by atoms with van der Waals surface area (Å²) in [4.78, 5) is 12.0. The number of carbonyl (C=O) groups excluding carboxylic acids is 1. The molecule has 5 N–H and O–H groups in total. The van der Waals surface area contributed by atoms with Gasteiger partial charge in [-0.05, 0) is 31.0 Å². The van der Waals surface area contributed by atoms with Gasteiger partial charge in [-0.25, -0.2) is 13.6 Å². The maximum atomic E-state index is 11.9. The number of hydrogen-bond acceptors (Lipinski definition) is 4. The highest BCUT2D eigenvalue weighted by atomic mass is 32.2. The van der Waals surface area contributed by atoms with E-state index in [4.69, 9.17) is 10.9 Å². The Morgan fingerprint density at radius 2 is 1.86 bits per heavy atom. The van der Waals surface area contributed by atoms with Crippen LogP contribution in [0.2, 0.25) is 0 Å². The van der Waals surface area contributed by atoms with Gasteiger partial charge in [0, 0.05) is 0 Å². The van der Waals surface area contributed by atoms with Gasteiger partial charge in [-0.1, -0.05) is 31.9 Å². The zero-order chi connectivity index (χ0) is 16.0. The van der Waals surface area contributed by atoms with Crippen LogP contribution in [0.15, 0.2) is 29.2 Å². The molecule has 0 spiro atoms. The van der Waals surface area contributed by atoms with Gasteiger partial charge in [0.1, 0.15) is 0 Å². The lowest BCUT2D eigenvalue weighted by molar-refractivity contribution is -0.123. The summed E-state index contributed by atoms with van der Waals surface area (Å²) < 4.78 is 22.3. The second-order valence-electron chi connectivity index (χ2n) is 5.09. The van der Waals surface area contributed by atoms with E-state index in [1.54, 1.807) is 12.1 Å². The van der Waals surface area contributed by atoms with Crippen LogP contribution in [-0.4, -0.2) is 20.4 Å². The highest BCUT2D eigenvalue weighted by Gasteiger charge is 2.16. The van der Waals surface area contributed by atoms with Crippen LogP contribution in [0.4, 0.5) is 0 Å². The zero-order valence-corrected chi connectivity index (χ0v) is 13.2. The summed E-state index contributed by atoms with van der Waals surface area (Å²) in [6.07, 6.45) is 2.55. The van der Waals surface area contributed by atoms with Crippen LogP contribution in [0.25, 0.3) is 0 Å². The number of rotatable bonds is 7. The van der Waals surface area contributed by atoms with Crippen molar-refractivity contribution >= 4 is 15.9 Å². The number of primary sulfonamides is 1. The molecule has 1 amide bonds. The molecule has 0 aromatic heterocycles. The summed E-state index contributed by atoms with van der Waals surface area (Å²) in [7, 11) is -3.70. The molecular formula is C14H23N3O3S. The molecule has 0 aliphatic carbocycles. The maximum Gasteiger partial charge on any atom is 0.238 e. The van der Waals surface area contributed by atoms with Gasteiger partial charge >= 0.3 is 0 Å². The second kappa shape index (κ2) is 7.53. The summed E-state index contributed by atoms with van der Waals surface area (Å²) in [5, 5.41) is 7.85. The molecule has 0 aliphatic rings. The van der Waals surface area contributed by atoms with E-state index < -0.39 is 16.1 Å². The molecule has 1 aromatic carbocycles. The van der Waals surface area contributed by atoms with E-state index in [-0.39, 0.29) is 16.8 Å². The highest BCUT2D eigenvalue weighted by molar-refractivity contribution is 7.89. The van der Waals surface area contributed by atoms with Crippen molar-refractivity contribution in [1.82, 2.24) is 5.32 Å². The number of sulfonamides is 1. The Morgan fingerprint density at radius 3 is 2.33 bits per heavy atom. The van der Waals surface area contributed by atoms with Crippen LogP contribution in [-0.2, 0) is 14.8 Å². The van der Waals surface area contributed by atoms with E-state index in [1.807, 2.05) is 13.8 Å². The molecular weight excluding hydrogens is 290 g/mol. The molecule has 2 atom stereocenters. The SMILES string of the molecule is CCCCC(N)C(=O)NC(C)c1ccc(S(N)(=O)=O)cc1. The van der Waals surface area contributed by atoms with Crippen molar-refractivity contribution in [3.05, 3.63) is 29.8 Å². The molecule has 1 rings (SSSR count).